The molecule has 0 saturated carbocycles. The van der Waals surface area contributed by atoms with E-state index in [1.807, 2.05) is 36.4 Å². The molecule has 0 N–H and O–H groups in total. The molecule has 0 heterocycles. The third-order valence-electron chi connectivity index (χ3n) is 2.65. The molecule has 0 spiro atoms. The maximum absolute atomic E-state index is 5.83. The van der Waals surface area contributed by atoms with E-state index in [0.29, 0.717) is 5.76 Å². The van der Waals surface area contributed by atoms with Crippen LogP contribution < -0.4 is 4.74 Å². The van der Waals surface area contributed by atoms with E-state index in [9.17, 15) is 0 Å². The van der Waals surface area contributed by atoms with Crippen LogP contribution in [0.25, 0.3) is 0 Å². The highest BCUT2D eigenvalue weighted by Crippen LogP contribution is 2.23. The maximum atomic E-state index is 5.83. The van der Waals surface area contributed by atoms with Gasteiger partial charge in [0.2, 0.25) is 0 Å². The van der Waals surface area contributed by atoms with Crippen molar-refractivity contribution in [2.45, 2.75) is 13.3 Å². The number of allylic oxidation sites excluding steroid dienone is 5. The van der Waals surface area contributed by atoms with Crippen molar-refractivity contribution in [2.75, 3.05) is 0 Å². The highest BCUT2D eigenvalue weighted by atomic mass is 16.5. The van der Waals surface area contributed by atoms with Crippen molar-refractivity contribution in [3.8, 4) is 5.75 Å². The van der Waals surface area contributed by atoms with Crippen molar-refractivity contribution in [1.29, 1.82) is 0 Å². The molecule has 0 aliphatic carbocycles. The molecular formula is C18H20O. The van der Waals surface area contributed by atoms with E-state index in [2.05, 4.69) is 32.7 Å². The first-order chi connectivity index (χ1) is 9.22. The van der Waals surface area contributed by atoms with Crippen LogP contribution in [-0.4, -0.2) is 0 Å². The summed E-state index contributed by atoms with van der Waals surface area (Å²) in [6.07, 6.45) is 9.98. The molecule has 0 atom stereocenters. The van der Waals surface area contributed by atoms with E-state index in [-0.39, 0.29) is 0 Å². The molecule has 0 aliphatic rings. The summed E-state index contributed by atoms with van der Waals surface area (Å²) in [7, 11) is 0. The van der Waals surface area contributed by atoms with E-state index in [1.165, 1.54) is 0 Å². The minimum Gasteiger partial charge on any atom is -0.457 e. The van der Waals surface area contributed by atoms with Crippen LogP contribution in [0.1, 0.15) is 12.5 Å². The van der Waals surface area contributed by atoms with Crippen LogP contribution in [0.4, 0.5) is 0 Å². The van der Waals surface area contributed by atoms with Crippen molar-refractivity contribution >= 4 is 0 Å². The van der Waals surface area contributed by atoms with Gasteiger partial charge in [-0.1, -0.05) is 75.2 Å². The summed E-state index contributed by atoms with van der Waals surface area (Å²) in [6.45, 7) is 13.5. The van der Waals surface area contributed by atoms with Crippen LogP contribution >= 0.6 is 0 Å². The number of hydrogen-bond donors (Lipinski definition) is 0. The standard InChI is InChI=1S/C18H20O/c1-5-8-9-12-16(6-2)15(4)19-18-14-11-10-13-17(18)7-3/h5-6,8-14H,1-2,4,7H2,3H3/b9-8-,16-12+. The molecule has 1 aromatic rings. The number of rotatable bonds is 7. The average Bonchev–Trinajstić information content (AvgIpc) is 2.44. The van der Waals surface area contributed by atoms with Gasteiger partial charge >= 0.3 is 0 Å². The molecule has 0 amide bonds. The topological polar surface area (TPSA) is 9.23 Å². The first-order valence-electron chi connectivity index (χ1n) is 6.29. The molecule has 1 aromatic carbocycles. The molecule has 0 saturated heterocycles. The lowest BCUT2D eigenvalue weighted by atomic mass is 10.1. The third-order valence-corrected chi connectivity index (χ3v) is 2.65. The van der Waals surface area contributed by atoms with Crippen molar-refractivity contribution in [3.63, 3.8) is 0 Å². The summed E-state index contributed by atoms with van der Waals surface area (Å²) in [4.78, 5) is 0. The van der Waals surface area contributed by atoms with Gasteiger partial charge in [-0.25, -0.2) is 0 Å². The fraction of sp³-hybridized carbons (Fsp3) is 0.111. The number of hydrogen-bond acceptors (Lipinski definition) is 1. The Morgan fingerprint density at radius 2 is 1.95 bits per heavy atom. The van der Waals surface area contributed by atoms with Gasteiger partial charge in [0.05, 0.1) is 0 Å². The van der Waals surface area contributed by atoms with Gasteiger partial charge in [0.15, 0.2) is 0 Å². The van der Waals surface area contributed by atoms with E-state index in [4.69, 9.17) is 4.74 Å². The predicted molar refractivity (Wildman–Crippen MR) is 83.2 cm³/mol. The number of ether oxygens (including phenoxy) is 1. The smallest absolute Gasteiger partial charge is 0.130 e. The zero-order valence-electron chi connectivity index (χ0n) is 11.4. The molecule has 0 unspecified atom stereocenters. The Bertz CT molecular complexity index is 518. The lowest BCUT2D eigenvalue weighted by molar-refractivity contribution is 0.436. The highest BCUT2D eigenvalue weighted by Gasteiger charge is 2.05. The summed E-state index contributed by atoms with van der Waals surface area (Å²) in [5, 5.41) is 0. The second-order valence-corrected chi connectivity index (χ2v) is 3.93. The molecule has 0 radical (unpaired) electrons. The number of benzene rings is 1. The molecule has 0 bridgehead atoms. The molecule has 0 aromatic heterocycles. The minimum absolute atomic E-state index is 0.588. The lowest BCUT2D eigenvalue weighted by Crippen LogP contribution is -1.98. The average molecular weight is 252 g/mol. The second-order valence-electron chi connectivity index (χ2n) is 3.93. The molecule has 0 fully saturated rings. The summed E-state index contributed by atoms with van der Waals surface area (Å²) in [5.41, 5.74) is 2.01. The Labute approximate surface area is 115 Å². The summed E-state index contributed by atoms with van der Waals surface area (Å²) >= 11 is 0. The van der Waals surface area contributed by atoms with Gasteiger partial charge in [-0.2, -0.15) is 0 Å². The predicted octanol–water partition coefficient (Wildman–Crippen LogP) is 5.00. The van der Waals surface area contributed by atoms with E-state index in [0.717, 1.165) is 23.3 Å². The van der Waals surface area contributed by atoms with Gasteiger partial charge in [-0.05, 0) is 18.1 Å². The van der Waals surface area contributed by atoms with E-state index in [1.54, 1.807) is 12.2 Å². The zero-order valence-corrected chi connectivity index (χ0v) is 11.4. The van der Waals surface area contributed by atoms with Crippen LogP contribution in [-0.2, 0) is 6.42 Å². The first kappa shape index (κ1) is 14.8. The molecule has 0 aliphatic heterocycles. The van der Waals surface area contributed by atoms with Gasteiger partial charge in [-0.3, -0.25) is 0 Å². The van der Waals surface area contributed by atoms with Crippen molar-refractivity contribution in [2.24, 2.45) is 0 Å². The highest BCUT2D eigenvalue weighted by molar-refractivity contribution is 5.41. The normalized spacial score (nSPS) is 11.3. The van der Waals surface area contributed by atoms with Crippen LogP contribution in [0, 0.1) is 0 Å². The van der Waals surface area contributed by atoms with Crippen molar-refractivity contribution < 1.29 is 4.74 Å². The Hall–Kier alpha value is -2.28. The monoisotopic (exact) mass is 252 g/mol. The number of aryl methyl sites for hydroxylation is 1. The van der Waals surface area contributed by atoms with Gasteiger partial charge < -0.3 is 4.74 Å². The van der Waals surface area contributed by atoms with Crippen LogP contribution in [0.15, 0.2) is 85.7 Å². The van der Waals surface area contributed by atoms with Gasteiger partial charge in [0.1, 0.15) is 11.5 Å². The maximum Gasteiger partial charge on any atom is 0.130 e. The third kappa shape index (κ3) is 4.47. The Morgan fingerprint density at radius 3 is 2.58 bits per heavy atom. The van der Waals surface area contributed by atoms with Gasteiger partial charge in [-0.15, -0.1) is 0 Å². The lowest BCUT2D eigenvalue weighted by Gasteiger charge is -2.12. The molecule has 1 heteroatoms. The Kier molecular flexibility index (Phi) is 6.17. The Balaban J connectivity index is 2.88. The SMILES string of the molecule is C=C/C=C\C=C(/C=C)C(=C)Oc1ccccc1CC. The van der Waals surface area contributed by atoms with Crippen molar-refractivity contribution in [3.05, 3.63) is 91.3 Å². The first-order valence-corrected chi connectivity index (χ1v) is 6.29. The largest absolute Gasteiger partial charge is 0.457 e. The van der Waals surface area contributed by atoms with Crippen molar-refractivity contribution in [1.82, 2.24) is 0 Å². The fourth-order valence-electron chi connectivity index (χ4n) is 1.60. The van der Waals surface area contributed by atoms with Crippen LogP contribution in [0.2, 0.25) is 0 Å². The summed E-state index contributed by atoms with van der Waals surface area (Å²) in [5.74, 6) is 1.43. The Morgan fingerprint density at radius 1 is 1.21 bits per heavy atom. The van der Waals surface area contributed by atoms with Gasteiger partial charge in [0, 0.05) is 5.57 Å². The minimum atomic E-state index is 0.588. The summed E-state index contributed by atoms with van der Waals surface area (Å²) in [6, 6.07) is 7.96. The molecule has 1 nitrogen and oxygen atoms in total. The fourth-order valence-corrected chi connectivity index (χ4v) is 1.60. The van der Waals surface area contributed by atoms with Crippen LogP contribution in [0.3, 0.4) is 0 Å². The van der Waals surface area contributed by atoms with Crippen LogP contribution in [0.5, 0.6) is 5.75 Å². The van der Waals surface area contributed by atoms with Gasteiger partial charge in [0.25, 0.3) is 0 Å². The van der Waals surface area contributed by atoms with E-state index < -0.39 is 0 Å². The molecule has 98 valence electrons. The summed E-state index contributed by atoms with van der Waals surface area (Å²) < 4.78 is 5.83. The second kappa shape index (κ2) is 7.93. The quantitative estimate of drug-likeness (QED) is 0.490. The zero-order chi connectivity index (χ0) is 14.1. The van der Waals surface area contributed by atoms with E-state index >= 15 is 0 Å². The molecular weight excluding hydrogens is 232 g/mol. The number of para-hydroxylation sites is 1. The molecule has 19 heavy (non-hydrogen) atoms. The molecule has 1 rings (SSSR count).